The molecule has 1 aliphatic rings. The van der Waals surface area contributed by atoms with Gasteiger partial charge in [0.2, 0.25) is 15.9 Å². The zero-order valence-corrected chi connectivity index (χ0v) is 22.6. The van der Waals surface area contributed by atoms with Gasteiger partial charge in [0.05, 0.1) is 11.5 Å². The van der Waals surface area contributed by atoms with E-state index in [-0.39, 0.29) is 16.2 Å². The maximum absolute atomic E-state index is 13.3. The van der Waals surface area contributed by atoms with Gasteiger partial charge in [0.1, 0.15) is 11.1 Å². The van der Waals surface area contributed by atoms with E-state index in [0.29, 0.717) is 37.7 Å². The summed E-state index contributed by atoms with van der Waals surface area (Å²) in [6.07, 6.45) is 2.21. The Kier molecular flexibility index (Phi) is 10.7. The molecule has 1 amide bonds. The largest absolute Gasteiger partial charge is 0.493 e. The molecule has 0 spiro atoms. The number of carbonyl (C=O) groups excluding carboxylic acids is 1. The quantitative estimate of drug-likeness (QED) is 0.399. The Morgan fingerprint density at radius 1 is 1.20 bits per heavy atom. The van der Waals surface area contributed by atoms with Crippen LogP contribution in [0.25, 0.3) is 0 Å². The lowest BCUT2D eigenvalue weighted by Crippen LogP contribution is -2.43. The molecule has 35 heavy (non-hydrogen) atoms. The van der Waals surface area contributed by atoms with E-state index in [4.69, 9.17) is 16.3 Å². The fourth-order valence-electron chi connectivity index (χ4n) is 3.67. The van der Waals surface area contributed by atoms with E-state index in [9.17, 15) is 13.2 Å². The molecule has 3 rings (SSSR count). The van der Waals surface area contributed by atoms with Crippen LogP contribution < -0.4 is 14.8 Å². The summed E-state index contributed by atoms with van der Waals surface area (Å²) in [5, 5.41) is 3.59. The number of nitrogens with zero attached hydrogens (tertiary/aromatic N) is 1. The van der Waals surface area contributed by atoms with E-state index < -0.39 is 10.0 Å². The standard InChI is InChI=1S/C25H34ClN3O4S2/c1-3-12-28-35(31,32)22-8-5-19(6-9-22)11-14-29(25(30)24-27-13-16-34-24)18-20-17-21(26)7-10-23(20)33-15-4-2/h5-10,17,24,27-28H,3-4,11-16,18H2,1-2H3/t24-/m0/s1. The summed E-state index contributed by atoms with van der Waals surface area (Å²) in [7, 11) is -3.50. The Labute approximate surface area is 218 Å². The minimum Gasteiger partial charge on any atom is -0.493 e. The van der Waals surface area contributed by atoms with E-state index in [0.717, 1.165) is 42.0 Å². The number of rotatable bonds is 13. The van der Waals surface area contributed by atoms with Crippen LogP contribution in [-0.4, -0.2) is 56.6 Å². The lowest BCUT2D eigenvalue weighted by molar-refractivity contribution is -0.131. The molecule has 1 atom stereocenters. The maximum Gasteiger partial charge on any atom is 0.250 e. The Hall–Kier alpha value is -1.78. The number of thioether (sulfide) groups is 1. The molecule has 0 unspecified atom stereocenters. The smallest absolute Gasteiger partial charge is 0.250 e. The highest BCUT2D eigenvalue weighted by molar-refractivity contribution is 8.00. The highest BCUT2D eigenvalue weighted by atomic mass is 35.5. The summed E-state index contributed by atoms with van der Waals surface area (Å²) in [4.78, 5) is 15.4. The van der Waals surface area contributed by atoms with Gasteiger partial charge < -0.3 is 9.64 Å². The molecule has 0 saturated carbocycles. The van der Waals surface area contributed by atoms with Crippen molar-refractivity contribution < 1.29 is 17.9 Å². The van der Waals surface area contributed by atoms with Crippen molar-refractivity contribution in [1.29, 1.82) is 0 Å². The second-order valence-corrected chi connectivity index (χ2v) is 11.8. The normalized spacial score (nSPS) is 15.8. The topological polar surface area (TPSA) is 87.7 Å². The molecule has 1 saturated heterocycles. The van der Waals surface area contributed by atoms with Gasteiger partial charge in [-0.15, -0.1) is 11.8 Å². The molecular weight excluding hydrogens is 506 g/mol. The Balaban J connectivity index is 1.75. The average Bonchev–Trinajstić information content (AvgIpc) is 3.40. The first kappa shape index (κ1) is 27.8. The highest BCUT2D eigenvalue weighted by Crippen LogP contribution is 2.26. The first-order valence-corrected chi connectivity index (χ1v) is 14.9. The van der Waals surface area contributed by atoms with Crippen LogP contribution in [0.5, 0.6) is 5.75 Å². The van der Waals surface area contributed by atoms with Gasteiger partial charge in [-0.1, -0.05) is 37.6 Å². The van der Waals surface area contributed by atoms with Crippen LogP contribution in [0.2, 0.25) is 5.02 Å². The summed E-state index contributed by atoms with van der Waals surface area (Å²) in [5.74, 6) is 1.65. The van der Waals surface area contributed by atoms with Gasteiger partial charge in [0.25, 0.3) is 0 Å². The number of halogens is 1. The number of hydrogen-bond acceptors (Lipinski definition) is 6. The van der Waals surface area contributed by atoms with Gasteiger partial charge in [-0.2, -0.15) is 0 Å². The second kappa shape index (κ2) is 13.5. The molecule has 0 aliphatic carbocycles. The SMILES string of the molecule is CCCNS(=O)(=O)c1ccc(CCN(Cc2cc(Cl)ccc2OCCC)C(=O)[C@H]2NCCS2)cc1. The number of ether oxygens (including phenoxy) is 1. The molecule has 1 fully saturated rings. The summed E-state index contributed by atoms with van der Waals surface area (Å²) in [6, 6.07) is 12.3. The van der Waals surface area contributed by atoms with Crippen molar-refractivity contribution in [2.45, 2.75) is 49.9 Å². The van der Waals surface area contributed by atoms with Crippen LogP contribution in [0, 0.1) is 0 Å². The van der Waals surface area contributed by atoms with Crippen molar-refractivity contribution in [3.63, 3.8) is 0 Å². The Morgan fingerprint density at radius 2 is 1.97 bits per heavy atom. The first-order valence-electron chi connectivity index (χ1n) is 12.0. The van der Waals surface area contributed by atoms with Crippen LogP contribution in [0.3, 0.4) is 0 Å². The second-order valence-electron chi connectivity index (χ2n) is 8.36. The molecule has 7 nitrogen and oxygen atoms in total. The number of nitrogens with one attached hydrogen (secondary N) is 2. The molecule has 2 N–H and O–H groups in total. The summed E-state index contributed by atoms with van der Waals surface area (Å²) >= 11 is 7.88. The number of carbonyl (C=O) groups is 1. The van der Waals surface area contributed by atoms with Crippen LogP contribution in [0.1, 0.15) is 37.8 Å². The fourth-order valence-corrected chi connectivity index (χ4v) is 5.99. The van der Waals surface area contributed by atoms with E-state index in [1.165, 1.54) is 0 Å². The van der Waals surface area contributed by atoms with Gasteiger partial charge >= 0.3 is 0 Å². The molecule has 1 aliphatic heterocycles. The van der Waals surface area contributed by atoms with E-state index in [1.54, 1.807) is 42.1 Å². The van der Waals surface area contributed by atoms with Crippen molar-refractivity contribution in [2.75, 3.05) is 32.0 Å². The maximum atomic E-state index is 13.3. The van der Waals surface area contributed by atoms with Crippen LogP contribution in [0.15, 0.2) is 47.4 Å². The van der Waals surface area contributed by atoms with Crippen molar-refractivity contribution in [1.82, 2.24) is 14.9 Å². The first-order chi connectivity index (χ1) is 16.8. The van der Waals surface area contributed by atoms with Crippen molar-refractivity contribution >= 4 is 39.3 Å². The number of amides is 1. The highest BCUT2D eigenvalue weighted by Gasteiger charge is 2.28. The predicted octanol–water partition coefficient (Wildman–Crippen LogP) is 4.05. The molecule has 192 valence electrons. The van der Waals surface area contributed by atoms with E-state index >= 15 is 0 Å². The monoisotopic (exact) mass is 539 g/mol. The lowest BCUT2D eigenvalue weighted by Gasteiger charge is -2.26. The number of sulfonamides is 1. The van der Waals surface area contributed by atoms with Crippen molar-refractivity contribution in [3.8, 4) is 5.75 Å². The zero-order chi connectivity index (χ0) is 25.3. The third-order valence-electron chi connectivity index (χ3n) is 5.54. The molecule has 1 heterocycles. The van der Waals surface area contributed by atoms with Gasteiger partial charge in [0.15, 0.2) is 0 Å². The van der Waals surface area contributed by atoms with Crippen LogP contribution in [-0.2, 0) is 27.8 Å². The Bertz CT molecular complexity index is 1070. The molecule has 2 aromatic carbocycles. The third kappa shape index (κ3) is 8.11. The predicted molar refractivity (Wildman–Crippen MR) is 143 cm³/mol. The fraction of sp³-hybridized carbons (Fsp3) is 0.480. The minimum absolute atomic E-state index is 0.0249. The van der Waals surface area contributed by atoms with Gasteiger partial charge in [0, 0.05) is 42.5 Å². The molecule has 0 bridgehead atoms. The number of benzene rings is 2. The minimum atomic E-state index is -3.50. The van der Waals surface area contributed by atoms with Gasteiger partial charge in [-0.3, -0.25) is 10.1 Å². The van der Waals surface area contributed by atoms with Crippen LogP contribution in [0.4, 0.5) is 0 Å². The average molecular weight is 540 g/mol. The summed E-state index contributed by atoms with van der Waals surface area (Å²) < 4.78 is 33.2. The molecule has 0 radical (unpaired) electrons. The van der Waals surface area contributed by atoms with Crippen molar-refractivity contribution in [2.24, 2.45) is 0 Å². The zero-order valence-electron chi connectivity index (χ0n) is 20.3. The lowest BCUT2D eigenvalue weighted by atomic mass is 10.1. The van der Waals surface area contributed by atoms with E-state index in [1.807, 2.05) is 30.9 Å². The summed E-state index contributed by atoms with van der Waals surface area (Å²) in [6.45, 7) is 6.62. The van der Waals surface area contributed by atoms with Crippen LogP contribution >= 0.6 is 23.4 Å². The molecular formula is C25H34ClN3O4S2. The van der Waals surface area contributed by atoms with E-state index in [2.05, 4.69) is 10.0 Å². The molecule has 2 aromatic rings. The van der Waals surface area contributed by atoms with Crippen molar-refractivity contribution in [3.05, 3.63) is 58.6 Å². The van der Waals surface area contributed by atoms with Gasteiger partial charge in [-0.25, -0.2) is 13.1 Å². The summed E-state index contributed by atoms with van der Waals surface area (Å²) in [5.41, 5.74) is 1.82. The van der Waals surface area contributed by atoms with Gasteiger partial charge in [-0.05, 0) is 55.2 Å². The Morgan fingerprint density at radius 3 is 2.63 bits per heavy atom. The number of hydrogen-bond donors (Lipinski definition) is 2. The molecule has 0 aromatic heterocycles. The third-order valence-corrected chi connectivity index (χ3v) is 8.40. The molecule has 10 heteroatoms.